The molecule has 1 aliphatic carbocycles. The second-order valence-electron chi connectivity index (χ2n) is 5.70. The van der Waals surface area contributed by atoms with Crippen LogP contribution in [0.25, 0.3) is 0 Å². The van der Waals surface area contributed by atoms with Crippen molar-refractivity contribution < 1.29 is 17.9 Å². The summed E-state index contributed by atoms with van der Waals surface area (Å²) in [4.78, 5) is -0.498. The Bertz CT molecular complexity index is 682. The van der Waals surface area contributed by atoms with Gasteiger partial charge in [0.1, 0.15) is 4.90 Å². The largest absolute Gasteiger partial charge is 0.396 e. The van der Waals surface area contributed by atoms with Crippen molar-refractivity contribution in [3.63, 3.8) is 0 Å². The summed E-state index contributed by atoms with van der Waals surface area (Å²) < 4.78 is 40.5. The summed E-state index contributed by atoms with van der Waals surface area (Å²) in [6.07, 6.45) is 1.00. The third-order valence-electron chi connectivity index (χ3n) is 4.44. The number of anilines is 1. The minimum Gasteiger partial charge on any atom is -0.396 e. The molecule has 5 nitrogen and oxygen atoms in total. The average Bonchev–Trinajstić information content (AvgIpc) is 2.97. The van der Waals surface area contributed by atoms with Crippen LogP contribution in [0.15, 0.2) is 17.0 Å². The number of sulfonamides is 1. The predicted molar refractivity (Wildman–Crippen MR) is 76.8 cm³/mol. The first-order chi connectivity index (χ1) is 9.80. The van der Waals surface area contributed by atoms with Gasteiger partial charge in [0.15, 0.2) is 5.82 Å². The Hall–Kier alpha value is -0.890. The zero-order valence-corrected chi connectivity index (χ0v) is 12.7. The van der Waals surface area contributed by atoms with E-state index in [2.05, 4.69) is 0 Å². The standard InChI is InChI=1S/C13H16ClFN2O3S/c14-8-3-10(16)13(15)12(4-8)21(19,20)17-5-7-1-2-11(18)9(7)6-17/h3-4,7,9,11,18H,1-2,5-6,16H2. The third-order valence-corrected chi connectivity index (χ3v) is 6.48. The number of nitrogens with two attached hydrogens (primary N) is 1. The van der Waals surface area contributed by atoms with Gasteiger partial charge >= 0.3 is 0 Å². The van der Waals surface area contributed by atoms with Crippen LogP contribution in [0.2, 0.25) is 5.02 Å². The Labute approximate surface area is 127 Å². The third kappa shape index (κ3) is 2.42. The van der Waals surface area contributed by atoms with Gasteiger partial charge in [-0.15, -0.1) is 0 Å². The Morgan fingerprint density at radius 2 is 2.05 bits per heavy atom. The number of halogens is 2. The quantitative estimate of drug-likeness (QED) is 0.802. The minimum absolute atomic E-state index is 0.0700. The van der Waals surface area contributed by atoms with Crippen LogP contribution in [0.3, 0.4) is 0 Å². The maximum absolute atomic E-state index is 14.1. The van der Waals surface area contributed by atoms with E-state index in [1.54, 1.807) is 0 Å². The van der Waals surface area contributed by atoms with E-state index in [0.717, 1.165) is 12.5 Å². The van der Waals surface area contributed by atoms with Crippen molar-refractivity contribution in [3.05, 3.63) is 23.0 Å². The number of hydrogen-bond donors (Lipinski definition) is 2. The summed E-state index contributed by atoms with van der Waals surface area (Å²) in [6.45, 7) is 0.510. The number of benzene rings is 1. The first-order valence-electron chi connectivity index (χ1n) is 6.73. The fraction of sp³-hybridized carbons (Fsp3) is 0.538. The van der Waals surface area contributed by atoms with E-state index in [9.17, 15) is 17.9 Å². The van der Waals surface area contributed by atoms with Gasteiger partial charge in [-0.2, -0.15) is 4.31 Å². The summed E-state index contributed by atoms with van der Waals surface area (Å²) in [5.41, 5.74) is 5.16. The number of nitrogen functional groups attached to an aromatic ring is 1. The Morgan fingerprint density at radius 3 is 2.71 bits per heavy atom. The van der Waals surface area contributed by atoms with Crippen molar-refractivity contribution in [1.82, 2.24) is 4.31 Å². The molecule has 2 fully saturated rings. The molecule has 0 bridgehead atoms. The lowest BCUT2D eigenvalue weighted by atomic mass is 10.00. The van der Waals surface area contributed by atoms with Crippen molar-refractivity contribution in [3.8, 4) is 0 Å². The van der Waals surface area contributed by atoms with Crippen LogP contribution in [0.5, 0.6) is 0 Å². The van der Waals surface area contributed by atoms with Crippen molar-refractivity contribution in [2.75, 3.05) is 18.8 Å². The predicted octanol–water partition coefficient (Wildman–Crippen LogP) is 1.45. The number of hydrogen-bond acceptors (Lipinski definition) is 4. The Morgan fingerprint density at radius 1 is 1.33 bits per heavy atom. The Balaban J connectivity index is 1.96. The lowest BCUT2D eigenvalue weighted by Crippen LogP contribution is -2.31. The fourth-order valence-electron chi connectivity index (χ4n) is 3.30. The highest BCUT2D eigenvalue weighted by molar-refractivity contribution is 7.89. The fourth-order valence-corrected chi connectivity index (χ4v) is 5.25. The van der Waals surface area contributed by atoms with Crippen molar-refractivity contribution in [2.45, 2.75) is 23.8 Å². The van der Waals surface area contributed by atoms with Crippen LogP contribution >= 0.6 is 11.6 Å². The summed E-state index contributed by atoms with van der Waals surface area (Å²) in [7, 11) is -4.00. The number of rotatable bonds is 2. The van der Waals surface area contributed by atoms with Gasteiger partial charge in [0.2, 0.25) is 10.0 Å². The summed E-state index contributed by atoms with van der Waals surface area (Å²) >= 11 is 5.78. The van der Waals surface area contributed by atoms with Gasteiger partial charge in [-0.25, -0.2) is 12.8 Å². The van der Waals surface area contributed by atoms with Gasteiger partial charge in [-0.3, -0.25) is 0 Å². The zero-order valence-electron chi connectivity index (χ0n) is 11.2. The molecule has 8 heteroatoms. The molecular weight excluding hydrogens is 319 g/mol. The monoisotopic (exact) mass is 334 g/mol. The van der Waals surface area contributed by atoms with Crippen LogP contribution in [-0.2, 0) is 10.0 Å². The van der Waals surface area contributed by atoms with Crippen LogP contribution in [0.1, 0.15) is 12.8 Å². The molecule has 1 aromatic rings. The lowest BCUT2D eigenvalue weighted by Gasteiger charge is -2.19. The summed E-state index contributed by atoms with van der Waals surface area (Å²) in [5.74, 6) is -0.911. The molecule has 3 unspecified atom stereocenters. The van der Waals surface area contributed by atoms with Crippen LogP contribution < -0.4 is 5.73 Å². The molecule has 2 aliphatic rings. The lowest BCUT2D eigenvalue weighted by molar-refractivity contribution is 0.129. The second kappa shape index (κ2) is 5.08. The van der Waals surface area contributed by atoms with Gasteiger partial charge in [0, 0.05) is 24.0 Å². The molecule has 116 valence electrons. The first kappa shape index (κ1) is 15.0. The zero-order chi connectivity index (χ0) is 15.4. The van der Waals surface area contributed by atoms with Crippen LogP contribution in [0, 0.1) is 17.7 Å². The van der Waals surface area contributed by atoms with Gasteiger partial charge < -0.3 is 10.8 Å². The molecule has 1 heterocycles. The van der Waals surface area contributed by atoms with E-state index in [1.807, 2.05) is 0 Å². The molecule has 3 atom stereocenters. The first-order valence-corrected chi connectivity index (χ1v) is 8.55. The van der Waals surface area contributed by atoms with E-state index in [1.165, 1.54) is 10.4 Å². The number of aliphatic hydroxyl groups excluding tert-OH is 1. The van der Waals surface area contributed by atoms with Gasteiger partial charge in [0.25, 0.3) is 0 Å². The van der Waals surface area contributed by atoms with Crippen molar-refractivity contribution in [1.29, 1.82) is 0 Å². The normalized spacial score (nSPS) is 29.8. The van der Waals surface area contributed by atoms with Crippen LogP contribution in [0.4, 0.5) is 10.1 Å². The highest BCUT2D eigenvalue weighted by Crippen LogP contribution is 2.40. The molecule has 0 aromatic heterocycles. The molecular formula is C13H16ClFN2O3S. The van der Waals surface area contributed by atoms with Crippen molar-refractivity contribution in [2.24, 2.45) is 11.8 Å². The van der Waals surface area contributed by atoms with E-state index < -0.39 is 26.8 Å². The molecule has 0 radical (unpaired) electrons. The van der Waals surface area contributed by atoms with E-state index in [-0.39, 0.29) is 29.1 Å². The maximum Gasteiger partial charge on any atom is 0.246 e. The molecule has 3 rings (SSSR count). The molecule has 1 aliphatic heterocycles. The molecule has 1 saturated carbocycles. The Kier molecular flexibility index (Phi) is 3.64. The number of nitrogens with zero attached hydrogens (tertiary/aromatic N) is 1. The maximum atomic E-state index is 14.1. The topological polar surface area (TPSA) is 83.6 Å². The minimum atomic E-state index is -4.00. The smallest absolute Gasteiger partial charge is 0.246 e. The number of aliphatic hydroxyl groups is 1. The van der Waals surface area contributed by atoms with E-state index >= 15 is 0 Å². The van der Waals surface area contributed by atoms with E-state index in [4.69, 9.17) is 17.3 Å². The highest BCUT2D eigenvalue weighted by atomic mass is 35.5. The molecule has 21 heavy (non-hydrogen) atoms. The molecule has 1 aromatic carbocycles. The van der Waals surface area contributed by atoms with Crippen molar-refractivity contribution >= 4 is 27.3 Å². The average molecular weight is 335 g/mol. The number of fused-ring (bicyclic) bond motifs is 1. The molecule has 0 amide bonds. The summed E-state index contributed by atoms with van der Waals surface area (Å²) in [5, 5.41) is 9.94. The van der Waals surface area contributed by atoms with Gasteiger partial charge in [0.05, 0.1) is 11.8 Å². The van der Waals surface area contributed by atoms with Crippen LogP contribution in [-0.4, -0.2) is 37.0 Å². The molecule has 0 spiro atoms. The SMILES string of the molecule is Nc1cc(Cl)cc(S(=O)(=O)N2CC3CCC(O)C3C2)c1F. The van der Waals surface area contributed by atoms with E-state index in [0.29, 0.717) is 13.0 Å². The molecule has 1 saturated heterocycles. The van der Waals surface area contributed by atoms with Gasteiger partial charge in [-0.1, -0.05) is 11.6 Å². The molecule has 3 N–H and O–H groups in total. The highest BCUT2D eigenvalue weighted by Gasteiger charge is 2.46. The van der Waals surface area contributed by atoms with Gasteiger partial charge in [-0.05, 0) is 30.9 Å². The summed E-state index contributed by atoms with van der Waals surface area (Å²) in [6, 6.07) is 2.26. The second-order valence-corrected chi connectivity index (χ2v) is 8.04.